The maximum absolute atomic E-state index is 5.83. The van der Waals surface area contributed by atoms with E-state index in [-0.39, 0.29) is 0 Å². The zero-order chi connectivity index (χ0) is 10.1. The smallest absolute Gasteiger partial charge is 0.0482 e. The second kappa shape index (κ2) is 3.22. The molecule has 0 fully saturated rings. The van der Waals surface area contributed by atoms with Gasteiger partial charge in [0.25, 0.3) is 0 Å². The van der Waals surface area contributed by atoms with Crippen LogP contribution in [-0.4, -0.2) is 4.57 Å². The molecule has 2 nitrogen and oxygen atoms in total. The fourth-order valence-electron chi connectivity index (χ4n) is 1.60. The second-order valence-corrected chi connectivity index (χ2v) is 3.59. The van der Waals surface area contributed by atoms with Crippen LogP contribution in [0.25, 0.3) is 5.69 Å². The van der Waals surface area contributed by atoms with Gasteiger partial charge in [0.15, 0.2) is 0 Å². The summed E-state index contributed by atoms with van der Waals surface area (Å²) in [5, 5.41) is 0. The van der Waals surface area contributed by atoms with Crippen LogP contribution in [0.2, 0.25) is 0 Å². The molecule has 2 heteroatoms. The first kappa shape index (κ1) is 8.88. The lowest BCUT2D eigenvalue weighted by Crippen LogP contribution is -1.98. The monoisotopic (exact) mass is 186 g/mol. The molecule has 0 spiro atoms. The SMILES string of the molecule is Cc1cc(-n2cccc2)c(C)cc1N. The molecule has 0 amide bonds. The van der Waals surface area contributed by atoms with E-state index < -0.39 is 0 Å². The van der Waals surface area contributed by atoms with E-state index in [9.17, 15) is 0 Å². The minimum absolute atomic E-state index is 0.860. The molecule has 1 aromatic heterocycles. The lowest BCUT2D eigenvalue weighted by Gasteiger charge is -2.10. The normalized spacial score (nSPS) is 10.4. The van der Waals surface area contributed by atoms with Gasteiger partial charge in [-0.25, -0.2) is 0 Å². The van der Waals surface area contributed by atoms with Crippen LogP contribution in [0.4, 0.5) is 5.69 Å². The van der Waals surface area contributed by atoms with Crippen LogP contribution in [0.1, 0.15) is 11.1 Å². The Labute approximate surface area is 84.0 Å². The van der Waals surface area contributed by atoms with Gasteiger partial charge in [-0.1, -0.05) is 0 Å². The predicted molar refractivity (Wildman–Crippen MR) is 59.7 cm³/mol. The molecule has 0 bridgehead atoms. The third-order valence-electron chi connectivity index (χ3n) is 2.47. The number of nitrogens with zero attached hydrogens (tertiary/aromatic N) is 1. The van der Waals surface area contributed by atoms with Crippen molar-refractivity contribution >= 4 is 5.69 Å². The van der Waals surface area contributed by atoms with E-state index in [2.05, 4.69) is 17.6 Å². The lowest BCUT2D eigenvalue weighted by atomic mass is 10.1. The highest BCUT2D eigenvalue weighted by molar-refractivity contribution is 5.56. The molecular weight excluding hydrogens is 172 g/mol. The van der Waals surface area contributed by atoms with Crippen molar-refractivity contribution in [2.24, 2.45) is 0 Å². The van der Waals surface area contributed by atoms with Gasteiger partial charge in [-0.3, -0.25) is 0 Å². The van der Waals surface area contributed by atoms with Crippen molar-refractivity contribution in [3.63, 3.8) is 0 Å². The molecule has 0 aliphatic heterocycles. The quantitative estimate of drug-likeness (QED) is 0.682. The van der Waals surface area contributed by atoms with Crippen molar-refractivity contribution < 1.29 is 0 Å². The van der Waals surface area contributed by atoms with Crippen molar-refractivity contribution in [3.8, 4) is 5.69 Å². The summed E-state index contributed by atoms with van der Waals surface area (Å²) >= 11 is 0. The number of rotatable bonds is 1. The van der Waals surface area contributed by atoms with Gasteiger partial charge in [-0.05, 0) is 49.2 Å². The lowest BCUT2D eigenvalue weighted by molar-refractivity contribution is 1.06. The van der Waals surface area contributed by atoms with Crippen molar-refractivity contribution in [1.82, 2.24) is 4.57 Å². The molecule has 2 N–H and O–H groups in total. The Morgan fingerprint density at radius 1 is 1.00 bits per heavy atom. The number of nitrogen functional groups attached to an aromatic ring is 1. The number of aryl methyl sites for hydroxylation is 2. The topological polar surface area (TPSA) is 30.9 Å². The highest BCUT2D eigenvalue weighted by Gasteiger charge is 2.02. The maximum Gasteiger partial charge on any atom is 0.0482 e. The summed E-state index contributed by atoms with van der Waals surface area (Å²) in [5.74, 6) is 0. The van der Waals surface area contributed by atoms with Crippen LogP contribution in [0.15, 0.2) is 36.7 Å². The van der Waals surface area contributed by atoms with Crippen LogP contribution in [0.3, 0.4) is 0 Å². The third-order valence-corrected chi connectivity index (χ3v) is 2.47. The molecule has 1 aromatic carbocycles. The maximum atomic E-state index is 5.83. The van der Waals surface area contributed by atoms with Crippen LogP contribution >= 0.6 is 0 Å². The Hall–Kier alpha value is -1.70. The zero-order valence-corrected chi connectivity index (χ0v) is 8.49. The Kier molecular flexibility index (Phi) is 2.04. The van der Waals surface area contributed by atoms with Crippen molar-refractivity contribution in [2.75, 3.05) is 5.73 Å². The molecule has 0 saturated carbocycles. The molecule has 0 aliphatic rings. The molecule has 2 aromatic rings. The second-order valence-electron chi connectivity index (χ2n) is 3.59. The number of aromatic nitrogens is 1. The first-order valence-corrected chi connectivity index (χ1v) is 4.68. The number of hydrogen-bond donors (Lipinski definition) is 1. The highest BCUT2D eigenvalue weighted by atomic mass is 14.9. The Morgan fingerprint density at radius 2 is 1.64 bits per heavy atom. The summed E-state index contributed by atoms with van der Waals surface area (Å²) < 4.78 is 2.10. The van der Waals surface area contributed by atoms with E-state index in [1.165, 1.54) is 11.3 Å². The van der Waals surface area contributed by atoms with E-state index in [1.54, 1.807) is 0 Å². The molecule has 14 heavy (non-hydrogen) atoms. The predicted octanol–water partition coefficient (Wildman–Crippen LogP) is 2.68. The largest absolute Gasteiger partial charge is 0.399 e. The van der Waals surface area contributed by atoms with Crippen LogP contribution in [0.5, 0.6) is 0 Å². The van der Waals surface area contributed by atoms with Crippen LogP contribution in [-0.2, 0) is 0 Å². The van der Waals surface area contributed by atoms with Gasteiger partial charge in [0.1, 0.15) is 0 Å². The minimum Gasteiger partial charge on any atom is -0.399 e. The van der Waals surface area contributed by atoms with Gasteiger partial charge in [0.2, 0.25) is 0 Å². The Bertz CT molecular complexity index is 442. The first-order valence-electron chi connectivity index (χ1n) is 4.68. The summed E-state index contributed by atoms with van der Waals surface area (Å²) in [6.45, 7) is 4.10. The molecular formula is C12H14N2. The molecule has 0 saturated heterocycles. The highest BCUT2D eigenvalue weighted by Crippen LogP contribution is 2.21. The van der Waals surface area contributed by atoms with Gasteiger partial charge >= 0.3 is 0 Å². The fraction of sp³-hybridized carbons (Fsp3) is 0.167. The number of hydrogen-bond acceptors (Lipinski definition) is 1. The average molecular weight is 186 g/mol. The molecule has 0 atom stereocenters. The van der Waals surface area contributed by atoms with Gasteiger partial charge in [0, 0.05) is 23.8 Å². The van der Waals surface area contributed by atoms with Crippen molar-refractivity contribution in [1.29, 1.82) is 0 Å². The van der Waals surface area contributed by atoms with Gasteiger partial charge in [-0.15, -0.1) is 0 Å². The standard InChI is InChI=1S/C12H14N2/c1-9-8-12(10(2)7-11(9)13)14-5-3-4-6-14/h3-8H,13H2,1-2H3. The van der Waals surface area contributed by atoms with E-state index in [0.29, 0.717) is 0 Å². The minimum atomic E-state index is 0.860. The van der Waals surface area contributed by atoms with Gasteiger partial charge < -0.3 is 10.3 Å². The van der Waals surface area contributed by atoms with Crippen LogP contribution in [0, 0.1) is 13.8 Å². The van der Waals surface area contributed by atoms with E-state index in [1.807, 2.05) is 37.5 Å². The van der Waals surface area contributed by atoms with Crippen LogP contribution < -0.4 is 5.73 Å². The molecule has 72 valence electrons. The average Bonchev–Trinajstić information content (AvgIpc) is 2.64. The van der Waals surface area contributed by atoms with E-state index in [0.717, 1.165) is 11.3 Å². The summed E-state index contributed by atoms with van der Waals surface area (Å²) in [6.07, 6.45) is 4.08. The third kappa shape index (κ3) is 1.39. The van der Waals surface area contributed by atoms with Gasteiger partial charge in [0.05, 0.1) is 0 Å². The first-order chi connectivity index (χ1) is 6.68. The molecule has 0 unspecified atom stereocenters. The Morgan fingerprint density at radius 3 is 2.29 bits per heavy atom. The number of anilines is 1. The summed E-state index contributed by atoms with van der Waals surface area (Å²) in [4.78, 5) is 0. The fourth-order valence-corrected chi connectivity index (χ4v) is 1.60. The molecule has 0 radical (unpaired) electrons. The number of benzene rings is 1. The summed E-state index contributed by atoms with van der Waals surface area (Å²) in [7, 11) is 0. The number of nitrogens with two attached hydrogens (primary N) is 1. The summed E-state index contributed by atoms with van der Waals surface area (Å²) in [6, 6.07) is 8.17. The molecule has 1 heterocycles. The van der Waals surface area contributed by atoms with Gasteiger partial charge in [-0.2, -0.15) is 0 Å². The van der Waals surface area contributed by atoms with E-state index >= 15 is 0 Å². The molecule has 0 aliphatic carbocycles. The van der Waals surface area contributed by atoms with Crippen molar-refractivity contribution in [2.45, 2.75) is 13.8 Å². The Balaban J connectivity index is 2.60. The van der Waals surface area contributed by atoms with Crippen molar-refractivity contribution in [3.05, 3.63) is 47.8 Å². The summed E-state index contributed by atoms with van der Waals surface area (Å²) in [5.41, 5.74) is 10.2. The zero-order valence-electron chi connectivity index (χ0n) is 8.49. The molecule has 2 rings (SSSR count). The van der Waals surface area contributed by atoms with E-state index in [4.69, 9.17) is 5.73 Å².